The Morgan fingerprint density at radius 3 is 2.76 bits per heavy atom. The molecule has 0 radical (unpaired) electrons. The van der Waals surface area contributed by atoms with Gasteiger partial charge in [0.15, 0.2) is 11.8 Å². The van der Waals surface area contributed by atoms with Crippen LogP contribution in [0.15, 0.2) is 53.7 Å². The minimum absolute atomic E-state index is 0. The molecule has 0 amide bonds. The van der Waals surface area contributed by atoms with Crippen molar-refractivity contribution in [3.63, 3.8) is 0 Å². The van der Waals surface area contributed by atoms with Crippen LogP contribution < -0.4 is 15.4 Å². The third kappa shape index (κ3) is 7.13. The molecule has 0 fully saturated rings. The molecule has 0 saturated heterocycles. The zero-order chi connectivity index (χ0) is 22.2. The Balaban J connectivity index is 0.00000306. The number of halogens is 1. The van der Waals surface area contributed by atoms with Gasteiger partial charge in [-0.05, 0) is 36.2 Å². The lowest BCUT2D eigenvalue weighted by molar-refractivity contribution is 0.177. The number of ether oxygens (including phenoxy) is 2. The minimum Gasteiger partial charge on any atom is -0.487 e. The van der Waals surface area contributed by atoms with E-state index in [4.69, 9.17) is 9.47 Å². The van der Waals surface area contributed by atoms with E-state index in [-0.39, 0.29) is 30.0 Å². The van der Waals surface area contributed by atoms with Crippen LogP contribution in [-0.2, 0) is 37.5 Å². The fraction of sp³-hybridized carbons (Fsp3) is 0.391. The Labute approximate surface area is 211 Å². The largest absolute Gasteiger partial charge is 0.487 e. The number of pyridine rings is 1. The van der Waals surface area contributed by atoms with Crippen LogP contribution in [-0.4, -0.2) is 45.9 Å². The van der Waals surface area contributed by atoms with Gasteiger partial charge in [0.05, 0.1) is 12.2 Å². The summed E-state index contributed by atoms with van der Waals surface area (Å²) in [6.07, 6.45) is 3.63. The fourth-order valence-corrected chi connectivity index (χ4v) is 3.59. The summed E-state index contributed by atoms with van der Waals surface area (Å²) in [5, 5.41) is 11.4. The number of methoxy groups -OCH3 is 1. The third-order valence-corrected chi connectivity index (χ3v) is 5.24. The first-order valence-electron chi connectivity index (χ1n) is 10.7. The van der Waals surface area contributed by atoms with E-state index in [1.165, 1.54) is 0 Å². The molecule has 176 valence electrons. The maximum Gasteiger partial charge on any atom is 0.191 e. The molecule has 1 aliphatic heterocycles. The first-order chi connectivity index (χ1) is 15.7. The topological polar surface area (TPSA) is 98.5 Å². The van der Waals surface area contributed by atoms with Crippen LogP contribution in [0.25, 0.3) is 0 Å². The molecule has 3 heterocycles. The van der Waals surface area contributed by atoms with Gasteiger partial charge in [0.25, 0.3) is 0 Å². The molecule has 10 heteroatoms. The molecule has 33 heavy (non-hydrogen) atoms. The van der Waals surface area contributed by atoms with E-state index in [9.17, 15) is 0 Å². The summed E-state index contributed by atoms with van der Waals surface area (Å²) in [5.41, 5.74) is 2.05. The Morgan fingerprint density at radius 2 is 2.03 bits per heavy atom. The number of nitrogens with one attached hydrogen (secondary N) is 2. The first-order valence-corrected chi connectivity index (χ1v) is 10.7. The smallest absolute Gasteiger partial charge is 0.191 e. The number of hydrogen-bond acceptors (Lipinski definition) is 6. The quantitative estimate of drug-likeness (QED) is 0.247. The summed E-state index contributed by atoms with van der Waals surface area (Å²) in [4.78, 5) is 13.2. The lowest BCUT2D eigenvalue weighted by atomic mass is 10.1. The van der Waals surface area contributed by atoms with Crippen molar-refractivity contribution in [3.8, 4) is 5.75 Å². The van der Waals surface area contributed by atoms with Crippen LogP contribution in [0.3, 0.4) is 0 Å². The molecule has 1 aromatic carbocycles. The molecule has 1 atom stereocenters. The van der Waals surface area contributed by atoms with Gasteiger partial charge in [-0.3, -0.25) is 9.98 Å². The molecular formula is C23H30IN7O2. The number of guanidine groups is 1. The van der Waals surface area contributed by atoms with Gasteiger partial charge in [-0.2, -0.15) is 5.10 Å². The number of fused-ring (bicyclic) bond motifs is 1. The van der Waals surface area contributed by atoms with E-state index in [0.29, 0.717) is 19.8 Å². The average Bonchev–Trinajstić information content (AvgIpc) is 3.23. The van der Waals surface area contributed by atoms with Crippen molar-refractivity contribution < 1.29 is 9.47 Å². The number of benzene rings is 1. The predicted octanol–water partition coefficient (Wildman–Crippen LogP) is 2.70. The lowest BCUT2D eigenvalue weighted by Crippen LogP contribution is -2.46. The molecular weight excluding hydrogens is 533 g/mol. The van der Waals surface area contributed by atoms with E-state index in [2.05, 4.69) is 30.7 Å². The van der Waals surface area contributed by atoms with Crippen LogP contribution in [0.2, 0.25) is 0 Å². The summed E-state index contributed by atoms with van der Waals surface area (Å²) in [5.74, 6) is 3.34. The van der Waals surface area contributed by atoms with E-state index in [1.807, 2.05) is 47.1 Å². The van der Waals surface area contributed by atoms with Crippen molar-refractivity contribution in [1.82, 2.24) is 30.4 Å². The number of rotatable bonds is 8. The van der Waals surface area contributed by atoms with Crippen LogP contribution in [0, 0.1) is 0 Å². The van der Waals surface area contributed by atoms with Gasteiger partial charge in [0, 0.05) is 39.4 Å². The SMILES string of the molecule is CN=C(NCc1ccc(OCc2ccccn2)cc1)NC1CCc2nc(COC)nn2C1.I. The average molecular weight is 563 g/mol. The van der Waals surface area contributed by atoms with Gasteiger partial charge >= 0.3 is 0 Å². The Bertz CT molecular complexity index is 1030. The maximum atomic E-state index is 5.80. The van der Waals surface area contributed by atoms with Crippen LogP contribution in [0.5, 0.6) is 5.75 Å². The van der Waals surface area contributed by atoms with Gasteiger partial charge in [-0.1, -0.05) is 18.2 Å². The molecule has 0 saturated carbocycles. The van der Waals surface area contributed by atoms with Gasteiger partial charge < -0.3 is 20.1 Å². The molecule has 3 aromatic rings. The number of aryl methyl sites for hydroxylation is 1. The highest BCUT2D eigenvalue weighted by molar-refractivity contribution is 14.0. The number of aromatic nitrogens is 4. The van der Waals surface area contributed by atoms with Crippen molar-refractivity contribution in [1.29, 1.82) is 0 Å². The Morgan fingerprint density at radius 1 is 1.18 bits per heavy atom. The van der Waals surface area contributed by atoms with Gasteiger partial charge in [0.1, 0.15) is 24.8 Å². The van der Waals surface area contributed by atoms with E-state index in [1.54, 1.807) is 20.4 Å². The fourth-order valence-electron chi connectivity index (χ4n) is 3.59. The van der Waals surface area contributed by atoms with Crippen molar-refractivity contribution >= 4 is 29.9 Å². The lowest BCUT2D eigenvalue weighted by Gasteiger charge is -2.25. The van der Waals surface area contributed by atoms with Gasteiger partial charge in [-0.15, -0.1) is 24.0 Å². The van der Waals surface area contributed by atoms with Crippen molar-refractivity contribution in [2.75, 3.05) is 14.2 Å². The highest BCUT2D eigenvalue weighted by atomic mass is 127. The number of aliphatic imine (C=N–C) groups is 1. The maximum absolute atomic E-state index is 5.80. The van der Waals surface area contributed by atoms with Gasteiger partial charge in [0.2, 0.25) is 0 Å². The molecule has 0 bridgehead atoms. The Hall–Kier alpha value is -2.73. The van der Waals surface area contributed by atoms with Crippen LogP contribution in [0.4, 0.5) is 0 Å². The second-order valence-corrected chi connectivity index (χ2v) is 7.62. The molecule has 1 unspecified atom stereocenters. The summed E-state index contributed by atoms with van der Waals surface area (Å²) in [7, 11) is 3.44. The van der Waals surface area contributed by atoms with E-state index >= 15 is 0 Å². The highest BCUT2D eigenvalue weighted by Crippen LogP contribution is 2.15. The molecule has 0 aliphatic carbocycles. The molecule has 0 spiro atoms. The van der Waals surface area contributed by atoms with E-state index < -0.39 is 0 Å². The first kappa shape index (κ1) is 24.9. The normalized spacial score (nSPS) is 15.3. The van der Waals surface area contributed by atoms with Gasteiger partial charge in [-0.25, -0.2) is 9.67 Å². The number of hydrogen-bond donors (Lipinski definition) is 2. The molecule has 9 nitrogen and oxygen atoms in total. The summed E-state index contributed by atoms with van der Waals surface area (Å²) in [6.45, 7) is 2.32. The molecule has 2 N–H and O–H groups in total. The zero-order valence-electron chi connectivity index (χ0n) is 18.9. The zero-order valence-corrected chi connectivity index (χ0v) is 21.2. The van der Waals surface area contributed by atoms with E-state index in [0.717, 1.165) is 54.0 Å². The highest BCUT2D eigenvalue weighted by Gasteiger charge is 2.22. The predicted molar refractivity (Wildman–Crippen MR) is 137 cm³/mol. The molecule has 4 rings (SSSR count). The van der Waals surface area contributed by atoms with Crippen LogP contribution in [0.1, 0.15) is 29.3 Å². The summed E-state index contributed by atoms with van der Waals surface area (Å²) < 4.78 is 12.9. The minimum atomic E-state index is 0. The third-order valence-electron chi connectivity index (χ3n) is 5.24. The molecule has 1 aliphatic rings. The van der Waals surface area contributed by atoms with Crippen molar-refractivity contribution in [3.05, 3.63) is 71.6 Å². The standard InChI is InChI=1S/C23H29N7O2.HI/c1-24-23(27-18-8-11-22-28-21(16-31-2)29-30(22)14-18)26-13-17-6-9-20(10-7-17)32-15-19-5-3-4-12-25-19;/h3-7,9-10,12,18H,8,11,13-16H2,1-2H3,(H2,24,26,27);1H. The Kier molecular flexibility index (Phi) is 9.43. The number of nitrogens with zero attached hydrogens (tertiary/aromatic N) is 5. The monoisotopic (exact) mass is 563 g/mol. The summed E-state index contributed by atoms with van der Waals surface area (Å²) >= 11 is 0. The second-order valence-electron chi connectivity index (χ2n) is 7.62. The van der Waals surface area contributed by atoms with Crippen molar-refractivity contribution in [2.45, 2.75) is 45.2 Å². The second kappa shape index (κ2) is 12.5. The van der Waals surface area contributed by atoms with Crippen molar-refractivity contribution in [2.24, 2.45) is 4.99 Å². The molecule has 2 aromatic heterocycles. The van der Waals surface area contributed by atoms with Crippen LogP contribution >= 0.6 is 24.0 Å². The summed E-state index contributed by atoms with van der Waals surface area (Å²) in [6, 6.07) is 14.1.